The van der Waals surface area contributed by atoms with Crippen LogP contribution in [0.2, 0.25) is 0 Å². The fourth-order valence-electron chi connectivity index (χ4n) is 4.41. The number of carbonyl (C=O) groups is 5. The maximum atomic E-state index is 12.8. The van der Waals surface area contributed by atoms with Crippen LogP contribution in [-0.2, 0) is 30.5 Å². The molecule has 0 fully saturated rings. The molecule has 0 spiro atoms. The van der Waals surface area contributed by atoms with Gasteiger partial charge in [0.2, 0.25) is 17.7 Å². The second-order valence-corrected chi connectivity index (χ2v) is 15.7. The van der Waals surface area contributed by atoms with Gasteiger partial charge in [-0.15, -0.1) is 0 Å². The van der Waals surface area contributed by atoms with Gasteiger partial charge in [0, 0.05) is 24.9 Å². The van der Waals surface area contributed by atoms with Crippen LogP contribution in [0.15, 0.2) is 30.3 Å². The Bertz CT molecular complexity index is 1210. The van der Waals surface area contributed by atoms with Crippen molar-refractivity contribution in [1.29, 1.82) is 0 Å². The minimum absolute atomic E-state index is 0.0264. The van der Waals surface area contributed by atoms with Crippen LogP contribution in [0.3, 0.4) is 0 Å². The first-order valence-electron chi connectivity index (χ1n) is 19.6. The molecule has 0 radical (unpaired) electrons. The zero-order valence-corrected chi connectivity index (χ0v) is 37.1. The number of nitrogens with two attached hydrogens (primary N) is 1. The molecule has 7 atom stereocenters. The molecule has 13 nitrogen and oxygen atoms in total. The molecule has 55 heavy (non-hydrogen) atoms. The number of aliphatic hydroxyl groups is 2. The minimum Gasteiger partial charge on any atom is -0.444 e. The van der Waals surface area contributed by atoms with Crippen molar-refractivity contribution in [3.8, 4) is 0 Å². The molecule has 0 saturated heterocycles. The van der Waals surface area contributed by atoms with Gasteiger partial charge in [0.25, 0.3) is 0 Å². The summed E-state index contributed by atoms with van der Waals surface area (Å²) in [5.74, 6) is -0.483. The molecule has 0 bridgehead atoms. The molecular weight excluding hydrogens is 723 g/mol. The van der Waals surface area contributed by atoms with Gasteiger partial charge < -0.3 is 42.0 Å². The Morgan fingerprint density at radius 1 is 0.855 bits per heavy atom. The fraction of sp³-hybridized carbons (Fsp3) is 0.732. The molecule has 1 aromatic rings. The zero-order valence-electron chi connectivity index (χ0n) is 36.2. The molecule has 0 aliphatic rings. The molecule has 8 N–H and O–H groups in total. The standard InChI is InChI=1S/C24H45N3O6.C12H18N2O2.C3H8S.C2H6/c1-13(2)11-18(19(29)12-15(5)17(7)28)26-21(30)16(6)25-22(31)20(14(3)4)27-23(32)33-24(8,9)10;1-9(15)11(13)7-12(16)14-8-10-5-3-2-4-6-10;1-2-3-4;1-2/h13-16,18-20,29H,11-12H2,1-10H3,(H,25,31)(H,26,30)(H,27,32);2-6,9,11,15H,7-8,13H2,1H3,(H,14,16);4H,2-3H2,1H3;1-2H3/t15-,16?,18+,19+,20+;9-,11+;;/m10../s1. The Morgan fingerprint density at radius 2 is 1.38 bits per heavy atom. The highest BCUT2D eigenvalue weighted by molar-refractivity contribution is 7.80. The second kappa shape index (κ2) is 31.0. The SMILES string of the molecule is CC.CC(=O)[C@H](C)C[C@H](O)[C@H](CC(C)C)NC(=O)C(C)NC(=O)[C@@H](NC(=O)OC(C)(C)C)C(C)C.CCCS.C[C@H](O)[C@H](N)CC(=O)NCc1ccccc1. The van der Waals surface area contributed by atoms with Gasteiger partial charge in [0.15, 0.2) is 0 Å². The van der Waals surface area contributed by atoms with Gasteiger partial charge in [-0.3, -0.25) is 19.2 Å². The monoisotopic (exact) mass is 800 g/mol. The maximum absolute atomic E-state index is 12.8. The number of benzene rings is 1. The quantitative estimate of drug-likeness (QED) is 0.0905. The molecule has 0 aromatic heterocycles. The van der Waals surface area contributed by atoms with Crippen LogP contribution in [0.4, 0.5) is 4.79 Å². The van der Waals surface area contributed by atoms with Gasteiger partial charge >= 0.3 is 6.09 Å². The summed E-state index contributed by atoms with van der Waals surface area (Å²) in [7, 11) is 0. The largest absolute Gasteiger partial charge is 0.444 e. The Labute approximate surface area is 337 Å². The van der Waals surface area contributed by atoms with E-state index in [2.05, 4.69) is 40.8 Å². The molecular formula is C41H77N5O8S. The van der Waals surface area contributed by atoms with Gasteiger partial charge in [0.05, 0.1) is 18.2 Å². The number of nitrogens with one attached hydrogen (secondary N) is 4. The van der Waals surface area contributed by atoms with E-state index in [1.54, 1.807) is 48.5 Å². The van der Waals surface area contributed by atoms with E-state index in [9.17, 15) is 29.1 Å². The van der Waals surface area contributed by atoms with Gasteiger partial charge in [-0.1, -0.05) is 85.7 Å². The molecule has 4 amide bonds. The highest BCUT2D eigenvalue weighted by Crippen LogP contribution is 2.16. The van der Waals surface area contributed by atoms with Crippen molar-refractivity contribution >= 4 is 42.2 Å². The lowest BCUT2D eigenvalue weighted by Gasteiger charge is -2.29. The van der Waals surface area contributed by atoms with Crippen molar-refractivity contribution < 1.29 is 38.9 Å². The molecule has 320 valence electrons. The summed E-state index contributed by atoms with van der Waals surface area (Å²) in [6.45, 7) is 25.6. The lowest BCUT2D eigenvalue weighted by molar-refractivity contribution is -0.131. The molecule has 1 aromatic carbocycles. The summed E-state index contributed by atoms with van der Waals surface area (Å²) < 4.78 is 5.22. The third-order valence-electron chi connectivity index (χ3n) is 7.78. The van der Waals surface area contributed by atoms with E-state index in [0.717, 1.165) is 11.3 Å². The van der Waals surface area contributed by atoms with E-state index >= 15 is 0 Å². The number of hydrogen-bond donors (Lipinski definition) is 8. The number of hydrogen-bond acceptors (Lipinski definition) is 10. The first-order chi connectivity index (χ1) is 25.4. The van der Waals surface area contributed by atoms with Crippen molar-refractivity contribution in [2.24, 2.45) is 23.5 Å². The van der Waals surface area contributed by atoms with Crippen LogP contribution in [0, 0.1) is 17.8 Å². The van der Waals surface area contributed by atoms with Crippen LogP contribution in [0.5, 0.6) is 0 Å². The number of alkyl carbamates (subject to hydrolysis) is 1. The minimum atomic E-state index is -0.897. The van der Waals surface area contributed by atoms with Gasteiger partial charge in [0.1, 0.15) is 23.5 Å². The van der Waals surface area contributed by atoms with Gasteiger partial charge in [-0.25, -0.2) is 4.79 Å². The number of aliphatic hydroxyl groups excluding tert-OH is 2. The predicted molar refractivity (Wildman–Crippen MR) is 226 cm³/mol. The van der Waals surface area contributed by atoms with Crippen LogP contribution < -0.4 is 27.0 Å². The summed E-state index contributed by atoms with van der Waals surface area (Å²) in [6.07, 6.45) is -0.185. The molecule has 0 aliphatic carbocycles. The third-order valence-corrected chi connectivity index (χ3v) is 8.22. The first-order valence-corrected chi connectivity index (χ1v) is 20.2. The summed E-state index contributed by atoms with van der Waals surface area (Å²) in [5, 5.41) is 30.5. The number of amides is 4. The van der Waals surface area contributed by atoms with Crippen LogP contribution in [0.25, 0.3) is 0 Å². The predicted octanol–water partition coefficient (Wildman–Crippen LogP) is 5.30. The summed E-state index contributed by atoms with van der Waals surface area (Å²) in [6, 6.07) is 6.80. The van der Waals surface area contributed by atoms with E-state index in [-0.39, 0.29) is 42.3 Å². The maximum Gasteiger partial charge on any atom is 0.408 e. The fourth-order valence-corrected chi connectivity index (χ4v) is 4.41. The number of rotatable bonds is 18. The highest BCUT2D eigenvalue weighted by Gasteiger charge is 2.31. The Hall–Kier alpha value is -3.20. The lowest BCUT2D eigenvalue weighted by atomic mass is 9.91. The van der Waals surface area contributed by atoms with E-state index in [1.165, 1.54) is 20.3 Å². The van der Waals surface area contributed by atoms with Crippen molar-refractivity contribution in [2.45, 2.75) is 171 Å². The average molecular weight is 800 g/mol. The normalized spacial score (nSPS) is 14.6. The number of carbonyl (C=O) groups excluding carboxylic acids is 5. The van der Waals surface area contributed by atoms with Crippen LogP contribution in [-0.4, -0.2) is 87.5 Å². The van der Waals surface area contributed by atoms with Crippen molar-refractivity contribution in [2.75, 3.05) is 5.75 Å². The topological polar surface area (TPSA) is 209 Å². The Balaban J connectivity index is -0.00000101. The third kappa shape index (κ3) is 29.7. The highest BCUT2D eigenvalue weighted by atomic mass is 32.1. The molecule has 0 saturated carbocycles. The summed E-state index contributed by atoms with van der Waals surface area (Å²) >= 11 is 3.92. The molecule has 14 heteroatoms. The first kappa shape index (κ1) is 56.1. The zero-order chi connectivity index (χ0) is 43.5. The van der Waals surface area contributed by atoms with Crippen LogP contribution >= 0.6 is 12.6 Å². The van der Waals surface area contributed by atoms with E-state index in [4.69, 9.17) is 15.6 Å². The number of ketones is 1. The number of Topliss-reactive ketones (excluding diaryl/α,β-unsaturated/α-hetero) is 1. The molecule has 0 heterocycles. The van der Waals surface area contributed by atoms with E-state index in [1.807, 2.05) is 58.0 Å². The van der Waals surface area contributed by atoms with Crippen molar-refractivity contribution in [1.82, 2.24) is 21.3 Å². The molecule has 1 rings (SSSR count). The average Bonchev–Trinajstić information content (AvgIpc) is 3.09. The summed E-state index contributed by atoms with van der Waals surface area (Å²) in [5.41, 5.74) is 5.91. The summed E-state index contributed by atoms with van der Waals surface area (Å²) in [4.78, 5) is 60.7. The molecule has 1 unspecified atom stereocenters. The van der Waals surface area contributed by atoms with Gasteiger partial charge in [-0.2, -0.15) is 12.6 Å². The van der Waals surface area contributed by atoms with E-state index in [0.29, 0.717) is 13.0 Å². The lowest BCUT2D eigenvalue weighted by Crippen LogP contribution is -2.56. The smallest absolute Gasteiger partial charge is 0.408 e. The van der Waals surface area contributed by atoms with Gasteiger partial charge in [-0.05, 0) is 84.0 Å². The van der Waals surface area contributed by atoms with Crippen LogP contribution in [0.1, 0.15) is 128 Å². The number of ether oxygens (including phenoxy) is 1. The Morgan fingerprint density at radius 3 is 1.80 bits per heavy atom. The number of thiol groups is 1. The van der Waals surface area contributed by atoms with Crippen molar-refractivity contribution in [3.05, 3.63) is 35.9 Å². The van der Waals surface area contributed by atoms with E-state index < -0.39 is 59.9 Å². The Kier molecular flexibility index (Phi) is 31.6. The second-order valence-electron chi connectivity index (χ2n) is 15.3. The molecule has 0 aliphatic heterocycles. The van der Waals surface area contributed by atoms with Crippen molar-refractivity contribution in [3.63, 3.8) is 0 Å².